The lowest BCUT2D eigenvalue weighted by atomic mass is 10.2. The molecule has 0 aromatic heterocycles. The summed E-state index contributed by atoms with van der Waals surface area (Å²) in [4.78, 5) is 12.1. The van der Waals surface area contributed by atoms with Gasteiger partial charge in [-0.1, -0.05) is 54.1 Å². The Morgan fingerprint density at radius 2 is 1.85 bits per heavy atom. The van der Waals surface area contributed by atoms with Gasteiger partial charge in [-0.05, 0) is 51.8 Å². The van der Waals surface area contributed by atoms with Gasteiger partial charge in [0.05, 0.1) is 11.8 Å². The summed E-state index contributed by atoms with van der Waals surface area (Å²) in [5.74, 6) is 0.404. The van der Waals surface area contributed by atoms with E-state index >= 15 is 0 Å². The maximum atomic E-state index is 12.1. The van der Waals surface area contributed by atoms with Crippen molar-refractivity contribution in [3.8, 4) is 5.75 Å². The number of benzene rings is 3. The number of hydrogen-bond donors (Lipinski definition) is 1. The third-order valence-electron chi connectivity index (χ3n) is 3.71. The summed E-state index contributed by atoms with van der Waals surface area (Å²) in [7, 11) is 0. The van der Waals surface area contributed by atoms with Gasteiger partial charge in [-0.2, -0.15) is 5.10 Å². The van der Waals surface area contributed by atoms with E-state index in [1.807, 2.05) is 54.6 Å². The number of hydrazone groups is 1. The third kappa shape index (κ3) is 5.42. The van der Waals surface area contributed by atoms with Crippen molar-refractivity contribution in [3.63, 3.8) is 0 Å². The molecule has 0 bridgehead atoms. The first-order valence-electron chi connectivity index (χ1n) is 8.17. The highest BCUT2D eigenvalue weighted by atomic mass is 79.9. The van der Waals surface area contributed by atoms with Crippen LogP contribution in [0.15, 0.2) is 82.4 Å². The molecule has 6 heteroatoms. The number of halogens is 2. The standard InChI is InChI=1S/C21H16BrClN2O2/c22-19-10-3-2-9-18(19)21(26)25-24-13-15-6-5-8-17(12-15)27-14-16-7-1-4-11-20(16)23/h1-13H,14H2,(H,25,26)/b24-13-. The van der Waals surface area contributed by atoms with Crippen LogP contribution in [0.3, 0.4) is 0 Å². The molecule has 0 spiro atoms. The van der Waals surface area contributed by atoms with Crippen molar-refractivity contribution >= 4 is 39.7 Å². The smallest absolute Gasteiger partial charge is 0.272 e. The number of nitrogens with one attached hydrogen (secondary N) is 1. The molecule has 0 saturated carbocycles. The number of nitrogens with zero attached hydrogens (tertiary/aromatic N) is 1. The zero-order valence-electron chi connectivity index (χ0n) is 14.2. The second-order valence-electron chi connectivity index (χ2n) is 5.63. The van der Waals surface area contributed by atoms with E-state index in [0.717, 1.165) is 11.1 Å². The van der Waals surface area contributed by atoms with Gasteiger partial charge in [-0.3, -0.25) is 4.79 Å². The average Bonchev–Trinajstić information content (AvgIpc) is 2.68. The normalized spacial score (nSPS) is 10.7. The molecule has 0 heterocycles. The minimum Gasteiger partial charge on any atom is -0.489 e. The molecule has 27 heavy (non-hydrogen) atoms. The zero-order valence-corrected chi connectivity index (χ0v) is 16.6. The topological polar surface area (TPSA) is 50.7 Å². The fraction of sp³-hybridized carbons (Fsp3) is 0.0476. The molecule has 3 aromatic carbocycles. The molecule has 0 aliphatic carbocycles. The number of rotatable bonds is 6. The highest BCUT2D eigenvalue weighted by Crippen LogP contribution is 2.19. The number of carbonyl (C=O) groups is 1. The SMILES string of the molecule is O=C(N/N=C\c1cccc(OCc2ccccc2Cl)c1)c1ccccc1Br. The number of hydrogen-bond acceptors (Lipinski definition) is 3. The molecule has 0 aliphatic heterocycles. The highest BCUT2D eigenvalue weighted by Gasteiger charge is 2.07. The van der Waals surface area contributed by atoms with Gasteiger partial charge in [-0.15, -0.1) is 0 Å². The van der Waals surface area contributed by atoms with E-state index < -0.39 is 0 Å². The van der Waals surface area contributed by atoms with Crippen molar-refractivity contribution in [1.29, 1.82) is 0 Å². The second-order valence-corrected chi connectivity index (χ2v) is 6.89. The number of amides is 1. The summed E-state index contributed by atoms with van der Waals surface area (Å²) in [6.45, 7) is 0.374. The minimum atomic E-state index is -0.287. The largest absolute Gasteiger partial charge is 0.489 e. The van der Waals surface area contributed by atoms with Crippen LogP contribution >= 0.6 is 27.5 Å². The monoisotopic (exact) mass is 442 g/mol. The fourth-order valence-corrected chi connectivity index (χ4v) is 2.99. The minimum absolute atomic E-state index is 0.287. The van der Waals surface area contributed by atoms with Gasteiger partial charge in [0.1, 0.15) is 12.4 Å². The molecule has 0 atom stereocenters. The first-order valence-corrected chi connectivity index (χ1v) is 9.35. The maximum absolute atomic E-state index is 12.1. The molecule has 4 nitrogen and oxygen atoms in total. The van der Waals surface area contributed by atoms with E-state index in [1.165, 1.54) is 0 Å². The highest BCUT2D eigenvalue weighted by molar-refractivity contribution is 9.10. The van der Waals surface area contributed by atoms with Crippen LogP contribution in [-0.2, 0) is 6.61 Å². The number of ether oxygens (including phenoxy) is 1. The summed E-state index contributed by atoms with van der Waals surface area (Å²) in [6, 6.07) is 22.1. The molecule has 1 N–H and O–H groups in total. The van der Waals surface area contributed by atoms with Crippen LogP contribution in [-0.4, -0.2) is 12.1 Å². The van der Waals surface area contributed by atoms with Crippen LogP contribution < -0.4 is 10.2 Å². The summed E-state index contributed by atoms with van der Waals surface area (Å²) >= 11 is 9.48. The van der Waals surface area contributed by atoms with Crippen LogP contribution in [0.5, 0.6) is 5.75 Å². The Morgan fingerprint density at radius 1 is 1.07 bits per heavy atom. The van der Waals surface area contributed by atoms with Crippen LogP contribution in [0, 0.1) is 0 Å². The Morgan fingerprint density at radius 3 is 2.67 bits per heavy atom. The Labute approximate surface area is 171 Å². The zero-order chi connectivity index (χ0) is 19.1. The van der Waals surface area contributed by atoms with Crippen LogP contribution in [0.2, 0.25) is 5.02 Å². The van der Waals surface area contributed by atoms with Crippen LogP contribution in [0.25, 0.3) is 0 Å². The quantitative estimate of drug-likeness (QED) is 0.407. The molecule has 136 valence electrons. The summed E-state index contributed by atoms with van der Waals surface area (Å²) < 4.78 is 6.50. The molecular formula is C21H16BrClN2O2. The summed E-state index contributed by atoms with van der Waals surface area (Å²) in [5.41, 5.74) is 4.76. The van der Waals surface area contributed by atoms with Gasteiger partial charge >= 0.3 is 0 Å². The fourth-order valence-electron chi connectivity index (χ4n) is 2.33. The van der Waals surface area contributed by atoms with E-state index in [2.05, 4.69) is 26.5 Å². The van der Waals surface area contributed by atoms with Gasteiger partial charge in [0.2, 0.25) is 0 Å². The Kier molecular flexibility index (Phi) is 6.63. The van der Waals surface area contributed by atoms with E-state index in [4.69, 9.17) is 16.3 Å². The first-order chi connectivity index (χ1) is 13.1. The van der Waals surface area contributed by atoms with E-state index in [1.54, 1.807) is 24.4 Å². The molecule has 0 unspecified atom stereocenters. The van der Waals surface area contributed by atoms with Gasteiger partial charge < -0.3 is 4.74 Å². The second kappa shape index (κ2) is 9.35. The molecule has 3 aromatic rings. The van der Waals surface area contributed by atoms with E-state index in [0.29, 0.717) is 27.4 Å². The van der Waals surface area contributed by atoms with Crippen molar-refractivity contribution in [2.45, 2.75) is 6.61 Å². The predicted molar refractivity (Wildman–Crippen MR) is 111 cm³/mol. The van der Waals surface area contributed by atoms with Crippen molar-refractivity contribution in [2.75, 3.05) is 0 Å². The first kappa shape index (κ1) is 19.1. The molecule has 0 aliphatic rings. The van der Waals surface area contributed by atoms with Crippen molar-refractivity contribution in [2.24, 2.45) is 5.10 Å². The van der Waals surface area contributed by atoms with Crippen LogP contribution in [0.4, 0.5) is 0 Å². The molecule has 1 amide bonds. The Hall–Kier alpha value is -2.63. The van der Waals surface area contributed by atoms with Crippen molar-refractivity contribution in [1.82, 2.24) is 5.43 Å². The molecule has 3 rings (SSSR count). The van der Waals surface area contributed by atoms with Gasteiger partial charge in [0.25, 0.3) is 5.91 Å². The summed E-state index contributed by atoms with van der Waals surface area (Å²) in [5, 5.41) is 4.68. The Balaban J connectivity index is 1.60. The lowest BCUT2D eigenvalue weighted by Crippen LogP contribution is -2.18. The van der Waals surface area contributed by atoms with Gasteiger partial charge in [0.15, 0.2) is 0 Å². The average molecular weight is 444 g/mol. The maximum Gasteiger partial charge on any atom is 0.272 e. The molecule has 0 radical (unpaired) electrons. The molecule has 0 fully saturated rings. The van der Waals surface area contributed by atoms with E-state index in [-0.39, 0.29) is 5.91 Å². The molecular weight excluding hydrogens is 428 g/mol. The van der Waals surface area contributed by atoms with Crippen LogP contribution in [0.1, 0.15) is 21.5 Å². The predicted octanol–water partition coefficient (Wildman–Crippen LogP) is 5.45. The van der Waals surface area contributed by atoms with Crippen molar-refractivity contribution in [3.05, 3.63) is 99.0 Å². The Bertz CT molecular complexity index is 976. The van der Waals surface area contributed by atoms with E-state index in [9.17, 15) is 4.79 Å². The van der Waals surface area contributed by atoms with Crippen molar-refractivity contribution < 1.29 is 9.53 Å². The van der Waals surface area contributed by atoms with Gasteiger partial charge in [-0.25, -0.2) is 5.43 Å². The van der Waals surface area contributed by atoms with Gasteiger partial charge in [0, 0.05) is 15.1 Å². The lowest BCUT2D eigenvalue weighted by molar-refractivity contribution is 0.0954. The molecule has 0 saturated heterocycles. The third-order valence-corrected chi connectivity index (χ3v) is 4.77. The number of carbonyl (C=O) groups excluding carboxylic acids is 1. The summed E-state index contributed by atoms with van der Waals surface area (Å²) in [6.07, 6.45) is 1.57. The lowest BCUT2D eigenvalue weighted by Gasteiger charge is -2.08.